The lowest BCUT2D eigenvalue weighted by Gasteiger charge is -2.18. The van der Waals surface area contributed by atoms with Crippen LogP contribution in [0.4, 0.5) is 0 Å². The quantitative estimate of drug-likeness (QED) is 0.712. The number of rotatable bonds is 9. The number of hydrogen-bond donors (Lipinski definition) is 1. The third-order valence-electron chi connectivity index (χ3n) is 4.27. The molecule has 0 radical (unpaired) electrons. The minimum absolute atomic E-state index is 0.155. The number of amides is 1. The van der Waals surface area contributed by atoms with Crippen LogP contribution in [0.3, 0.4) is 0 Å². The summed E-state index contributed by atoms with van der Waals surface area (Å²) >= 11 is 5.93. The Kier molecular flexibility index (Phi) is 7.95. The van der Waals surface area contributed by atoms with Gasteiger partial charge in [-0.25, -0.2) is 0 Å². The summed E-state index contributed by atoms with van der Waals surface area (Å²) < 4.78 is 5.63. The molecule has 0 bridgehead atoms. The van der Waals surface area contributed by atoms with Gasteiger partial charge in [0.15, 0.2) is 6.10 Å². The highest BCUT2D eigenvalue weighted by atomic mass is 35.5. The van der Waals surface area contributed by atoms with E-state index < -0.39 is 6.10 Å². The molecule has 140 valence electrons. The molecule has 0 aliphatic heterocycles. The molecule has 1 unspecified atom stereocenters. The SMILES string of the molecule is CCN(CC)Cc1ccc(CNC(=O)C(C)Oc2cccc(Cl)c2)cc1. The predicted molar refractivity (Wildman–Crippen MR) is 106 cm³/mol. The number of hydrogen-bond acceptors (Lipinski definition) is 3. The van der Waals surface area contributed by atoms with E-state index in [9.17, 15) is 4.79 Å². The first kappa shape index (κ1) is 20.3. The number of ether oxygens (including phenoxy) is 1. The zero-order chi connectivity index (χ0) is 18.9. The largest absolute Gasteiger partial charge is 0.481 e. The summed E-state index contributed by atoms with van der Waals surface area (Å²) in [6.45, 7) is 9.57. The highest BCUT2D eigenvalue weighted by Crippen LogP contribution is 2.18. The van der Waals surface area contributed by atoms with Gasteiger partial charge in [-0.3, -0.25) is 9.69 Å². The fourth-order valence-electron chi connectivity index (χ4n) is 2.60. The molecule has 0 aromatic heterocycles. The van der Waals surface area contributed by atoms with Crippen LogP contribution < -0.4 is 10.1 Å². The summed E-state index contributed by atoms with van der Waals surface area (Å²) in [5.41, 5.74) is 2.35. The normalized spacial score (nSPS) is 12.0. The Bertz CT molecular complexity index is 699. The molecule has 0 saturated heterocycles. The van der Waals surface area contributed by atoms with E-state index in [-0.39, 0.29) is 5.91 Å². The summed E-state index contributed by atoms with van der Waals surface area (Å²) in [5, 5.41) is 3.49. The van der Waals surface area contributed by atoms with Crippen LogP contribution in [0.5, 0.6) is 5.75 Å². The van der Waals surface area contributed by atoms with E-state index in [1.807, 2.05) is 0 Å². The Hall–Kier alpha value is -2.04. The summed E-state index contributed by atoms with van der Waals surface area (Å²) in [6, 6.07) is 15.4. The Morgan fingerprint density at radius 3 is 2.38 bits per heavy atom. The number of carbonyl (C=O) groups excluding carboxylic acids is 1. The fraction of sp³-hybridized carbons (Fsp3) is 0.381. The first-order valence-electron chi connectivity index (χ1n) is 9.02. The molecule has 2 rings (SSSR count). The van der Waals surface area contributed by atoms with Crippen molar-refractivity contribution < 1.29 is 9.53 Å². The molecule has 0 heterocycles. The molecule has 2 aromatic carbocycles. The van der Waals surface area contributed by atoms with Crippen LogP contribution >= 0.6 is 11.6 Å². The summed E-state index contributed by atoms with van der Waals surface area (Å²) in [6.07, 6.45) is -0.588. The van der Waals surface area contributed by atoms with Crippen molar-refractivity contribution in [3.8, 4) is 5.75 Å². The molecule has 2 aromatic rings. The molecular formula is C21H27ClN2O2. The van der Waals surface area contributed by atoms with Gasteiger partial charge in [-0.2, -0.15) is 0 Å². The van der Waals surface area contributed by atoms with Gasteiger partial charge in [-0.15, -0.1) is 0 Å². The molecule has 0 aliphatic rings. The number of benzene rings is 2. The van der Waals surface area contributed by atoms with Crippen LogP contribution in [0.15, 0.2) is 48.5 Å². The Morgan fingerprint density at radius 2 is 1.77 bits per heavy atom. The number of carbonyl (C=O) groups is 1. The zero-order valence-electron chi connectivity index (χ0n) is 15.7. The summed E-state index contributed by atoms with van der Waals surface area (Å²) in [4.78, 5) is 14.6. The lowest BCUT2D eigenvalue weighted by atomic mass is 10.1. The highest BCUT2D eigenvalue weighted by Gasteiger charge is 2.14. The molecule has 0 aliphatic carbocycles. The Morgan fingerprint density at radius 1 is 1.12 bits per heavy atom. The Labute approximate surface area is 161 Å². The van der Waals surface area contributed by atoms with Crippen LogP contribution in [0.1, 0.15) is 31.9 Å². The van der Waals surface area contributed by atoms with Crippen molar-refractivity contribution in [3.63, 3.8) is 0 Å². The molecule has 0 saturated carbocycles. The maximum Gasteiger partial charge on any atom is 0.261 e. The van der Waals surface area contributed by atoms with Crippen molar-refractivity contribution in [2.45, 2.75) is 40.0 Å². The van der Waals surface area contributed by atoms with Crippen molar-refractivity contribution in [2.24, 2.45) is 0 Å². The lowest BCUT2D eigenvalue weighted by molar-refractivity contribution is -0.127. The Balaban J connectivity index is 1.82. The first-order chi connectivity index (χ1) is 12.5. The molecule has 5 heteroatoms. The highest BCUT2D eigenvalue weighted by molar-refractivity contribution is 6.30. The van der Waals surface area contributed by atoms with E-state index in [2.05, 4.69) is 48.3 Å². The average Bonchev–Trinajstić information content (AvgIpc) is 2.65. The molecule has 0 fully saturated rings. The van der Waals surface area contributed by atoms with Crippen molar-refractivity contribution in [3.05, 3.63) is 64.7 Å². The summed E-state index contributed by atoms with van der Waals surface area (Å²) in [7, 11) is 0. The second-order valence-corrected chi connectivity index (χ2v) is 6.65. The van der Waals surface area contributed by atoms with Gasteiger partial charge < -0.3 is 10.1 Å². The van der Waals surface area contributed by atoms with Crippen LogP contribution in [-0.2, 0) is 17.9 Å². The third kappa shape index (κ3) is 6.36. The van der Waals surface area contributed by atoms with E-state index >= 15 is 0 Å². The zero-order valence-corrected chi connectivity index (χ0v) is 16.4. The fourth-order valence-corrected chi connectivity index (χ4v) is 2.78. The van der Waals surface area contributed by atoms with Crippen LogP contribution in [0.2, 0.25) is 5.02 Å². The number of nitrogens with one attached hydrogen (secondary N) is 1. The van der Waals surface area contributed by atoms with Crippen molar-refractivity contribution in [1.29, 1.82) is 0 Å². The number of halogens is 1. The molecule has 1 amide bonds. The molecule has 1 atom stereocenters. The lowest BCUT2D eigenvalue weighted by Crippen LogP contribution is -2.35. The maximum atomic E-state index is 12.2. The van der Waals surface area contributed by atoms with E-state index in [0.29, 0.717) is 17.3 Å². The van der Waals surface area contributed by atoms with Crippen LogP contribution in [0.25, 0.3) is 0 Å². The van der Waals surface area contributed by atoms with Gasteiger partial charge in [-0.05, 0) is 49.3 Å². The first-order valence-corrected chi connectivity index (χ1v) is 9.39. The molecule has 0 spiro atoms. The van der Waals surface area contributed by atoms with Gasteiger partial charge in [0.1, 0.15) is 5.75 Å². The standard InChI is InChI=1S/C21H27ClN2O2/c1-4-24(5-2)15-18-11-9-17(10-12-18)14-23-21(25)16(3)26-20-8-6-7-19(22)13-20/h6-13,16H,4-5,14-15H2,1-3H3,(H,23,25). The third-order valence-corrected chi connectivity index (χ3v) is 4.50. The molecular weight excluding hydrogens is 348 g/mol. The van der Waals surface area contributed by atoms with E-state index in [0.717, 1.165) is 25.2 Å². The van der Waals surface area contributed by atoms with E-state index in [1.54, 1.807) is 31.2 Å². The summed E-state index contributed by atoms with van der Waals surface area (Å²) in [5.74, 6) is 0.429. The average molecular weight is 375 g/mol. The van der Waals surface area contributed by atoms with Crippen LogP contribution in [-0.4, -0.2) is 30.0 Å². The van der Waals surface area contributed by atoms with Gasteiger partial charge in [0.2, 0.25) is 0 Å². The van der Waals surface area contributed by atoms with Gasteiger partial charge in [0.05, 0.1) is 0 Å². The van der Waals surface area contributed by atoms with E-state index in [4.69, 9.17) is 16.3 Å². The minimum atomic E-state index is -0.588. The van der Waals surface area contributed by atoms with Crippen molar-refractivity contribution in [2.75, 3.05) is 13.1 Å². The van der Waals surface area contributed by atoms with Crippen molar-refractivity contribution >= 4 is 17.5 Å². The van der Waals surface area contributed by atoms with Gasteiger partial charge in [0.25, 0.3) is 5.91 Å². The molecule has 1 N–H and O–H groups in total. The van der Waals surface area contributed by atoms with E-state index in [1.165, 1.54) is 5.56 Å². The monoisotopic (exact) mass is 374 g/mol. The topological polar surface area (TPSA) is 41.6 Å². The minimum Gasteiger partial charge on any atom is -0.481 e. The second kappa shape index (κ2) is 10.2. The van der Waals surface area contributed by atoms with Crippen LogP contribution in [0, 0.1) is 0 Å². The molecule has 26 heavy (non-hydrogen) atoms. The maximum absolute atomic E-state index is 12.2. The van der Waals surface area contributed by atoms with Gasteiger partial charge in [0, 0.05) is 18.1 Å². The second-order valence-electron chi connectivity index (χ2n) is 6.21. The smallest absolute Gasteiger partial charge is 0.261 e. The molecule has 4 nitrogen and oxygen atoms in total. The van der Waals surface area contributed by atoms with Crippen molar-refractivity contribution in [1.82, 2.24) is 10.2 Å². The van der Waals surface area contributed by atoms with Gasteiger partial charge in [-0.1, -0.05) is 55.8 Å². The number of nitrogens with zero attached hydrogens (tertiary/aromatic N) is 1. The van der Waals surface area contributed by atoms with Gasteiger partial charge >= 0.3 is 0 Å². The predicted octanol–water partition coefficient (Wildman–Crippen LogP) is 4.27.